The molecule has 31 heavy (non-hydrogen) atoms. The number of amides is 2. The molecule has 2 aromatic carbocycles. The molecule has 0 spiro atoms. The zero-order valence-corrected chi connectivity index (χ0v) is 17.2. The number of hydrogen-bond acceptors (Lipinski definition) is 3. The lowest BCUT2D eigenvalue weighted by molar-refractivity contribution is 0.153. The highest BCUT2D eigenvalue weighted by Crippen LogP contribution is 2.25. The minimum absolute atomic E-state index is 0.121. The lowest BCUT2D eigenvalue weighted by atomic mass is 10.1. The van der Waals surface area contributed by atoms with Gasteiger partial charge in [0.15, 0.2) is 0 Å². The van der Waals surface area contributed by atoms with E-state index >= 15 is 0 Å². The van der Waals surface area contributed by atoms with Crippen molar-refractivity contribution in [1.29, 1.82) is 0 Å². The summed E-state index contributed by atoms with van der Waals surface area (Å²) in [6.45, 7) is 1.13. The van der Waals surface area contributed by atoms with Crippen molar-refractivity contribution in [3.63, 3.8) is 0 Å². The Bertz CT molecular complexity index is 1320. The van der Waals surface area contributed by atoms with Gasteiger partial charge in [0.25, 0.3) is 5.56 Å². The van der Waals surface area contributed by atoms with E-state index in [2.05, 4.69) is 15.3 Å². The van der Waals surface area contributed by atoms with E-state index in [1.807, 2.05) is 54.6 Å². The van der Waals surface area contributed by atoms with Crippen LogP contribution in [0.25, 0.3) is 33.1 Å². The van der Waals surface area contributed by atoms with E-state index in [-0.39, 0.29) is 17.8 Å². The van der Waals surface area contributed by atoms with E-state index in [0.717, 1.165) is 52.3 Å². The zero-order chi connectivity index (χ0) is 21.4. The first-order valence-corrected chi connectivity index (χ1v) is 10.6. The molecule has 2 aromatic heterocycles. The van der Waals surface area contributed by atoms with Crippen molar-refractivity contribution in [2.24, 2.45) is 5.73 Å². The molecular weight excluding hydrogens is 390 g/mol. The molecule has 5 rings (SSSR count). The molecule has 0 radical (unpaired) electrons. The Hall–Kier alpha value is -3.58. The molecule has 1 aliphatic heterocycles. The maximum atomic E-state index is 12.6. The molecule has 7 nitrogen and oxygen atoms in total. The van der Waals surface area contributed by atoms with Crippen LogP contribution in [0.1, 0.15) is 24.8 Å². The summed E-state index contributed by atoms with van der Waals surface area (Å²) in [4.78, 5) is 33.1. The molecule has 0 aliphatic carbocycles. The van der Waals surface area contributed by atoms with Crippen LogP contribution in [0.4, 0.5) is 4.79 Å². The molecule has 1 fully saturated rings. The van der Waals surface area contributed by atoms with Gasteiger partial charge >= 0.3 is 6.03 Å². The third-order valence-electron chi connectivity index (χ3n) is 5.98. The quantitative estimate of drug-likeness (QED) is 0.410. The van der Waals surface area contributed by atoms with E-state index in [4.69, 9.17) is 5.73 Å². The van der Waals surface area contributed by atoms with E-state index in [1.54, 1.807) is 4.90 Å². The monoisotopic (exact) mass is 415 g/mol. The van der Waals surface area contributed by atoms with Gasteiger partial charge < -0.3 is 25.9 Å². The first-order chi connectivity index (χ1) is 15.1. The number of aromatic amines is 2. The fraction of sp³-hybridized carbons (Fsp3) is 0.250. The molecule has 3 heterocycles. The van der Waals surface area contributed by atoms with Crippen molar-refractivity contribution >= 4 is 27.8 Å². The molecule has 5 N–H and O–H groups in total. The van der Waals surface area contributed by atoms with Crippen LogP contribution in [-0.2, 0) is 6.54 Å². The van der Waals surface area contributed by atoms with Crippen LogP contribution in [0.3, 0.4) is 0 Å². The number of aromatic nitrogens is 2. The first-order valence-electron chi connectivity index (χ1n) is 10.6. The SMILES string of the molecule is NC1CCCCN1C(=O)NCc1ccc2[nH]c(-c3cc4ccccc4[nH]c3=O)cc2c1. The number of para-hydroxylation sites is 1. The smallest absolute Gasteiger partial charge is 0.318 e. The molecule has 4 aromatic rings. The number of hydrogen-bond donors (Lipinski definition) is 4. The van der Waals surface area contributed by atoms with Gasteiger partial charge in [-0.25, -0.2) is 4.79 Å². The Morgan fingerprint density at radius 2 is 1.87 bits per heavy atom. The molecule has 7 heteroatoms. The molecular formula is C24H25N5O2. The highest BCUT2D eigenvalue weighted by Gasteiger charge is 2.23. The summed E-state index contributed by atoms with van der Waals surface area (Å²) in [6, 6.07) is 17.5. The van der Waals surface area contributed by atoms with Gasteiger partial charge in [-0.2, -0.15) is 0 Å². The normalized spacial score (nSPS) is 16.7. The maximum absolute atomic E-state index is 12.6. The predicted octanol–water partition coefficient (Wildman–Crippen LogP) is 3.66. The molecule has 1 aliphatic rings. The molecule has 158 valence electrons. The number of pyridine rings is 1. The third kappa shape index (κ3) is 3.80. The zero-order valence-electron chi connectivity index (χ0n) is 17.2. The fourth-order valence-corrected chi connectivity index (χ4v) is 4.27. The number of benzene rings is 2. The minimum atomic E-state index is -0.205. The Balaban J connectivity index is 1.37. The number of rotatable bonds is 3. The highest BCUT2D eigenvalue weighted by molar-refractivity contribution is 5.89. The van der Waals surface area contributed by atoms with Crippen molar-refractivity contribution in [3.8, 4) is 11.3 Å². The van der Waals surface area contributed by atoms with E-state index in [0.29, 0.717) is 18.7 Å². The van der Waals surface area contributed by atoms with Crippen LogP contribution in [-0.4, -0.2) is 33.6 Å². The summed E-state index contributed by atoms with van der Waals surface area (Å²) < 4.78 is 0. The van der Waals surface area contributed by atoms with Crippen molar-refractivity contribution in [1.82, 2.24) is 20.2 Å². The Kier molecular flexibility index (Phi) is 4.95. The standard InChI is InChI=1S/C24H25N5O2/c25-22-7-3-4-10-29(22)24(31)26-14-15-8-9-20-17(11-15)13-21(27-20)18-12-16-5-1-2-6-19(16)28-23(18)30/h1-2,5-6,8-9,11-13,22,27H,3-4,7,10,14,25H2,(H,26,31)(H,28,30). The number of piperidine rings is 1. The highest BCUT2D eigenvalue weighted by atomic mass is 16.2. The van der Waals surface area contributed by atoms with Crippen molar-refractivity contribution in [2.45, 2.75) is 32.0 Å². The second kappa shape index (κ2) is 7.92. The lowest BCUT2D eigenvalue weighted by Gasteiger charge is -2.33. The Labute approximate surface area is 179 Å². The number of nitrogens with one attached hydrogen (secondary N) is 3. The summed E-state index contributed by atoms with van der Waals surface area (Å²) in [7, 11) is 0. The largest absolute Gasteiger partial charge is 0.354 e. The average molecular weight is 415 g/mol. The second-order valence-electron chi connectivity index (χ2n) is 8.12. The van der Waals surface area contributed by atoms with Crippen LogP contribution in [0.15, 0.2) is 59.4 Å². The summed E-state index contributed by atoms with van der Waals surface area (Å²) in [5.74, 6) is 0. The maximum Gasteiger partial charge on any atom is 0.318 e. The van der Waals surface area contributed by atoms with Crippen molar-refractivity contribution < 1.29 is 4.79 Å². The van der Waals surface area contributed by atoms with Crippen LogP contribution in [0.5, 0.6) is 0 Å². The van der Waals surface area contributed by atoms with Gasteiger partial charge in [-0.05, 0) is 60.5 Å². The summed E-state index contributed by atoms with van der Waals surface area (Å²) in [6.07, 6.45) is 2.70. The third-order valence-corrected chi connectivity index (χ3v) is 5.98. The van der Waals surface area contributed by atoms with Crippen LogP contribution in [0, 0.1) is 0 Å². The number of nitrogens with two attached hydrogens (primary N) is 1. The number of carbonyl (C=O) groups is 1. The molecule has 0 saturated carbocycles. The van der Waals surface area contributed by atoms with E-state index in [1.165, 1.54) is 0 Å². The lowest BCUT2D eigenvalue weighted by Crippen LogP contribution is -2.52. The Morgan fingerprint density at radius 1 is 1.03 bits per heavy atom. The van der Waals surface area contributed by atoms with E-state index < -0.39 is 0 Å². The van der Waals surface area contributed by atoms with E-state index in [9.17, 15) is 9.59 Å². The van der Waals surface area contributed by atoms with Gasteiger partial charge in [0, 0.05) is 29.5 Å². The number of carbonyl (C=O) groups excluding carboxylic acids is 1. The second-order valence-corrected chi connectivity index (χ2v) is 8.12. The van der Waals surface area contributed by atoms with Gasteiger partial charge in [0.2, 0.25) is 0 Å². The Morgan fingerprint density at radius 3 is 2.74 bits per heavy atom. The molecule has 1 unspecified atom stereocenters. The number of nitrogens with zero attached hydrogens (tertiary/aromatic N) is 1. The molecule has 0 bridgehead atoms. The molecule has 2 amide bonds. The number of fused-ring (bicyclic) bond motifs is 2. The van der Waals surface area contributed by atoms with Crippen LogP contribution < -0.4 is 16.6 Å². The number of H-pyrrole nitrogens is 2. The first kappa shape index (κ1) is 19.4. The summed E-state index contributed by atoms with van der Waals surface area (Å²) in [5.41, 5.74) is 10.0. The van der Waals surface area contributed by atoms with Crippen LogP contribution >= 0.6 is 0 Å². The topological polar surface area (TPSA) is 107 Å². The average Bonchev–Trinajstić information content (AvgIpc) is 3.20. The van der Waals surface area contributed by atoms with Gasteiger partial charge in [-0.3, -0.25) is 4.79 Å². The predicted molar refractivity (Wildman–Crippen MR) is 123 cm³/mol. The van der Waals surface area contributed by atoms with Gasteiger partial charge in [0.05, 0.1) is 17.4 Å². The molecule has 1 atom stereocenters. The van der Waals surface area contributed by atoms with Gasteiger partial charge in [-0.15, -0.1) is 0 Å². The number of urea groups is 1. The summed E-state index contributed by atoms with van der Waals surface area (Å²) in [5, 5.41) is 4.94. The van der Waals surface area contributed by atoms with Crippen molar-refractivity contribution in [3.05, 3.63) is 70.5 Å². The fourth-order valence-electron chi connectivity index (χ4n) is 4.27. The van der Waals surface area contributed by atoms with Gasteiger partial charge in [0.1, 0.15) is 0 Å². The number of likely N-dealkylation sites (tertiary alicyclic amines) is 1. The minimum Gasteiger partial charge on any atom is -0.354 e. The van der Waals surface area contributed by atoms with Crippen molar-refractivity contribution in [2.75, 3.05) is 6.54 Å². The summed E-state index contributed by atoms with van der Waals surface area (Å²) >= 11 is 0. The van der Waals surface area contributed by atoms with Crippen LogP contribution in [0.2, 0.25) is 0 Å². The molecule has 1 saturated heterocycles. The van der Waals surface area contributed by atoms with Gasteiger partial charge in [-0.1, -0.05) is 24.3 Å².